The number of nitrogens with one attached hydrogen (secondary N) is 1. The van der Waals surface area contributed by atoms with E-state index in [1.165, 1.54) is 12.1 Å². The van der Waals surface area contributed by atoms with Crippen molar-refractivity contribution in [1.82, 2.24) is 19.9 Å². The van der Waals surface area contributed by atoms with Crippen LogP contribution < -0.4 is 5.32 Å². The zero-order chi connectivity index (χ0) is 18.8. The summed E-state index contributed by atoms with van der Waals surface area (Å²) in [5, 5.41) is 3.29. The minimum atomic E-state index is -0.289. The third kappa shape index (κ3) is 3.60. The molecule has 1 N–H and O–H groups in total. The number of aromatic nitrogens is 4. The highest BCUT2D eigenvalue weighted by Gasteiger charge is 2.14. The molecule has 5 nitrogen and oxygen atoms in total. The van der Waals surface area contributed by atoms with Gasteiger partial charge < -0.3 is 5.32 Å². The smallest absolute Gasteiger partial charge is 0.178 e. The lowest BCUT2D eigenvalue weighted by molar-refractivity contribution is 0.628. The van der Waals surface area contributed by atoms with Crippen molar-refractivity contribution in [3.05, 3.63) is 66.7 Å². The summed E-state index contributed by atoms with van der Waals surface area (Å²) < 4.78 is 13.4. The van der Waals surface area contributed by atoms with E-state index in [2.05, 4.69) is 29.1 Å². The third-order valence-corrected chi connectivity index (χ3v) is 4.03. The predicted octanol–water partition coefficient (Wildman–Crippen LogP) is 4.71. The van der Waals surface area contributed by atoms with Crippen molar-refractivity contribution >= 4 is 17.0 Å². The lowest BCUT2D eigenvalue weighted by Crippen LogP contribution is -2.10. The zero-order valence-corrected chi connectivity index (χ0v) is 15.0. The molecular formula is C21H18FN5. The molecule has 3 aromatic heterocycles. The van der Waals surface area contributed by atoms with E-state index in [1.807, 2.05) is 24.3 Å². The van der Waals surface area contributed by atoms with Gasteiger partial charge in [-0.25, -0.2) is 24.3 Å². The summed E-state index contributed by atoms with van der Waals surface area (Å²) in [5.41, 5.74) is 4.27. The van der Waals surface area contributed by atoms with E-state index in [1.54, 1.807) is 24.5 Å². The maximum absolute atomic E-state index is 13.4. The Kier molecular flexibility index (Phi) is 4.46. The highest BCUT2D eigenvalue weighted by molar-refractivity contribution is 5.85. The molecule has 134 valence electrons. The molecule has 0 radical (unpaired) electrons. The van der Waals surface area contributed by atoms with Crippen LogP contribution >= 0.6 is 0 Å². The summed E-state index contributed by atoms with van der Waals surface area (Å²) in [5.74, 6) is 0.471. The number of nitrogens with zero attached hydrogens (tertiary/aromatic N) is 4. The SMILES string of the molecule is CC(C)Nc1cc(-c2nc3ncccc3nc2-c2ccc(F)cc2)ccn1. The summed E-state index contributed by atoms with van der Waals surface area (Å²) >= 11 is 0. The van der Waals surface area contributed by atoms with E-state index < -0.39 is 0 Å². The molecule has 0 bridgehead atoms. The Balaban J connectivity index is 1.93. The molecule has 4 aromatic rings. The third-order valence-electron chi connectivity index (χ3n) is 4.03. The molecule has 0 saturated heterocycles. The first-order chi connectivity index (χ1) is 13.1. The van der Waals surface area contributed by atoms with Crippen LogP contribution in [-0.4, -0.2) is 26.0 Å². The Hall–Kier alpha value is -3.41. The van der Waals surface area contributed by atoms with Crippen molar-refractivity contribution in [3.63, 3.8) is 0 Å². The maximum Gasteiger partial charge on any atom is 0.178 e. The molecule has 0 unspecified atom stereocenters. The number of hydrogen-bond acceptors (Lipinski definition) is 5. The van der Waals surface area contributed by atoms with Gasteiger partial charge in [0.2, 0.25) is 0 Å². The highest BCUT2D eigenvalue weighted by atomic mass is 19.1. The van der Waals surface area contributed by atoms with E-state index in [9.17, 15) is 4.39 Å². The zero-order valence-electron chi connectivity index (χ0n) is 15.0. The van der Waals surface area contributed by atoms with Gasteiger partial charge in [0, 0.05) is 29.6 Å². The largest absolute Gasteiger partial charge is 0.368 e. The van der Waals surface area contributed by atoms with E-state index >= 15 is 0 Å². The van der Waals surface area contributed by atoms with Gasteiger partial charge in [-0.05, 0) is 62.4 Å². The Morgan fingerprint density at radius 2 is 1.63 bits per heavy atom. The summed E-state index contributed by atoms with van der Waals surface area (Å²) in [6.45, 7) is 4.11. The molecule has 4 rings (SSSR count). The van der Waals surface area contributed by atoms with Crippen LogP contribution in [-0.2, 0) is 0 Å². The van der Waals surface area contributed by atoms with Gasteiger partial charge in [-0.15, -0.1) is 0 Å². The van der Waals surface area contributed by atoms with Gasteiger partial charge in [-0.3, -0.25) is 0 Å². The van der Waals surface area contributed by atoms with Crippen LogP contribution in [0.15, 0.2) is 60.9 Å². The summed E-state index contributed by atoms with van der Waals surface area (Å²) in [7, 11) is 0. The number of pyridine rings is 2. The standard InChI is InChI=1S/C21H18FN5/c1-13(2)25-18-12-15(9-11-23-18)20-19(14-5-7-16(22)8-6-14)26-17-4-3-10-24-21(17)27-20/h3-13H,1-2H3,(H,23,25). The first-order valence-corrected chi connectivity index (χ1v) is 8.72. The van der Waals surface area contributed by atoms with Gasteiger partial charge in [-0.2, -0.15) is 0 Å². The van der Waals surface area contributed by atoms with Crippen molar-refractivity contribution in [2.24, 2.45) is 0 Å². The highest BCUT2D eigenvalue weighted by Crippen LogP contribution is 2.31. The number of anilines is 1. The topological polar surface area (TPSA) is 63.6 Å². The van der Waals surface area contributed by atoms with Crippen LogP contribution in [0.5, 0.6) is 0 Å². The van der Waals surface area contributed by atoms with Crippen LogP contribution in [0.1, 0.15) is 13.8 Å². The molecule has 0 aliphatic carbocycles. The van der Waals surface area contributed by atoms with Gasteiger partial charge >= 0.3 is 0 Å². The fourth-order valence-electron chi connectivity index (χ4n) is 2.86. The van der Waals surface area contributed by atoms with Crippen LogP contribution in [0, 0.1) is 5.82 Å². The van der Waals surface area contributed by atoms with Crippen molar-refractivity contribution in [2.75, 3.05) is 5.32 Å². The molecule has 3 heterocycles. The Morgan fingerprint density at radius 3 is 2.41 bits per heavy atom. The molecule has 0 saturated carbocycles. The van der Waals surface area contributed by atoms with Gasteiger partial charge in [0.1, 0.15) is 17.2 Å². The monoisotopic (exact) mass is 359 g/mol. The number of hydrogen-bond donors (Lipinski definition) is 1. The molecule has 0 amide bonds. The van der Waals surface area contributed by atoms with E-state index in [-0.39, 0.29) is 11.9 Å². The Bertz CT molecular complexity index is 1090. The second kappa shape index (κ2) is 7.07. The number of benzene rings is 1. The fourth-order valence-corrected chi connectivity index (χ4v) is 2.86. The molecule has 0 spiro atoms. The lowest BCUT2D eigenvalue weighted by Gasteiger charge is -2.13. The summed E-state index contributed by atoms with van der Waals surface area (Å²) in [6.07, 6.45) is 3.43. The normalized spacial score (nSPS) is 11.1. The van der Waals surface area contributed by atoms with Gasteiger partial charge in [0.05, 0.1) is 11.4 Å². The van der Waals surface area contributed by atoms with E-state index in [0.29, 0.717) is 22.6 Å². The van der Waals surface area contributed by atoms with Crippen LogP contribution in [0.3, 0.4) is 0 Å². The molecule has 6 heteroatoms. The number of rotatable bonds is 4. The minimum absolute atomic E-state index is 0.258. The average molecular weight is 359 g/mol. The average Bonchev–Trinajstić information content (AvgIpc) is 2.67. The molecule has 0 atom stereocenters. The second-order valence-corrected chi connectivity index (χ2v) is 6.50. The van der Waals surface area contributed by atoms with Gasteiger partial charge in [0.25, 0.3) is 0 Å². The molecule has 0 fully saturated rings. The van der Waals surface area contributed by atoms with Crippen molar-refractivity contribution < 1.29 is 4.39 Å². The second-order valence-electron chi connectivity index (χ2n) is 6.50. The summed E-state index contributed by atoms with van der Waals surface area (Å²) in [4.78, 5) is 18.2. The van der Waals surface area contributed by atoms with Crippen LogP contribution in [0.4, 0.5) is 10.2 Å². The molecule has 0 aliphatic rings. The number of fused-ring (bicyclic) bond motifs is 1. The van der Waals surface area contributed by atoms with Crippen LogP contribution in [0.25, 0.3) is 33.7 Å². The van der Waals surface area contributed by atoms with Crippen molar-refractivity contribution in [2.45, 2.75) is 19.9 Å². The fraction of sp³-hybridized carbons (Fsp3) is 0.143. The lowest BCUT2D eigenvalue weighted by atomic mass is 10.0. The minimum Gasteiger partial charge on any atom is -0.368 e. The van der Waals surface area contributed by atoms with Crippen molar-refractivity contribution in [3.8, 4) is 22.5 Å². The van der Waals surface area contributed by atoms with Crippen LogP contribution in [0.2, 0.25) is 0 Å². The quantitative estimate of drug-likeness (QED) is 0.571. The first-order valence-electron chi connectivity index (χ1n) is 8.72. The maximum atomic E-state index is 13.4. The molecule has 0 aliphatic heterocycles. The first kappa shape index (κ1) is 17.0. The Labute approximate surface area is 156 Å². The van der Waals surface area contributed by atoms with Gasteiger partial charge in [-0.1, -0.05) is 0 Å². The molecule has 27 heavy (non-hydrogen) atoms. The van der Waals surface area contributed by atoms with E-state index in [0.717, 1.165) is 16.9 Å². The number of halogens is 1. The molecule has 1 aromatic carbocycles. The predicted molar refractivity (Wildman–Crippen MR) is 105 cm³/mol. The summed E-state index contributed by atoms with van der Waals surface area (Å²) in [6, 6.07) is 14.0. The Morgan fingerprint density at radius 1 is 0.852 bits per heavy atom. The van der Waals surface area contributed by atoms with Crippen molar-refractivity contribution in [1.29, 1.82) is 0 Å². The van der Waals surface area contributed by atoms with E-state index in [4.69, 9.17) is 9.97 Å². The van der Waals surface area contributed by atoms with Gasteiger partial charge in [0.15, 0.2) is 5.65 Å². The molecular weight excluding hydrogens is 341 g/mol.